The van der Waals surface area contributed by atoms with E-state index in [0.29, 0.717) is 40.3 Å². The van der Waals surface area contributed by atoms with Crippen molar-refractivity contribution >= 4 is 27.9 Å². The predicted molar refractivity (Wildman–Crippen MR) is 119 cm³/mol. The molecule has 0 radical (unpaired) electrons. The molecule has 0 aliphatic heterocycles. The smallest absolute Gasteiger partial charge is 0.258 e. The molecule has 0 spiro atoms. The second-order valence-corrected chi connectivity index (χ2v) is 7.91. The van der Waals surface area contributed by atoms with Crippen LogP contribution in [0.4, 0.5) is 5.69 Å². The number of furan rings is 1. The summed E-state index contributed by atoms with van der Waals surface area (Å²) in [7, 11) is 0. The van der Waals surface area contributed by atoms with E-state index in [-0.39, 0.29) is 17.3 Å². The number of aromatic nitrogens is 2. The Bertz CT molecular complexity index is 1300. The van der Waals surface area contributed by atoms with Gasteiger partial charge >= 0.3 is 0 Å². The van der Waals surface area contributed by atoms with Gasteiger partial charge in [-0.05, 0) is 49.4 Å². The summed E-state index contributed by atoms with van der Waals surface area (Å²) in [6.07, 6.45) is 0. The van der Waals surface area contributed by atoms with Gasteiger partial charge < -0.3 is 38.9 Å². The number of nitrogens with one attached hydrogen (secondary N) is 1. The number of aliphatic hydroxyl groups excluding tert-OH is 2. The van der Waals surface area contributed by atoms with Crippen molar-refractivity contribution in [1.82, 2.24) is 10.1 Å². The fourth-order valence-electron chi connectivity index (χ4n) is 3.21. The van der Waals surface area contributed by atoms with E-state index in [2.05, 4.69) is 14.9 Å². The van der Waals surface area contributed by atoms with Crippen LogP contribution >= 0.6 is 0 Å². The highest BCUT2D eigenvalue weighted by molar-refractivity contribution is 7.80. The molecule has 0 fully saturated rings. The van der Waals surface area contributed by atoms with E-state index in [1.165, 1.54) is 6.07 Å². The molecular weight excluding hydrogens is 452 g/mol. The number of fused-ring (bicyclic) bond motifs is 1. The molecule has 1 unspecified atom stereocenters. The molecular formula is C21H21N4O7S-. The van der Waals surface area contributed by atoms with Crippen LogP contribution in [-0.2, 0) is 16.8 Å². The largest absolute Gasteiger partial charge is 0.755 e. The number of nitrogens with two attached hydrogens (primary N) is 1. The van der Waals surface area contributed by atoms with Crippen molar-refractivity contribution in [3.8, 4) is 28.6 Å². The molecule has 0 bridgehead atoms. The van der Waals surface area contributed by atoms with Crippen molar-refractivity contribution in [3.05, 3.63) is 48.2 Å². The van der Waals surface area contributed by atoms with Crippen molar-refractivity contribution < 1.29 is 32.7 Å². The summed E-state index contributed by atoms with van der Waals surface area (Å²) < 4.78 is 41.0. The third kappa shape index (κ3) is 4.60. The minimum absolute atomic E-state index is 0.183. The molecule has 174 valence electrons. The standard InChI is InChI=1S/C21H22N4O7S/c1-2-30-17-6-4-13(8-15(17)25-33(28)29)20-23-19(24-32-20)12-3-5-16-14(7-12)9-18(31-16)21(22,10-26)11-27/h3-9,25-27H,2,10-11,22H2,1H3,(H,28,29)/p-1. The lowest BCUT2D eigenvalue weighted by atomic mass is 10.00. The molecule has 4 rings (SSSR count). The average Bonchev–Trinajstić information content (AvgIpc) is 3.46. The first kappa shape index (κ1) is 22.9. The fourth-order valence-corrected chi connectivity index (χ4v) is 3.54. The molecule has 4 aromatic rings. The van der Waals surface area contributed by atoms with E-state index in [0.717, 1.165) is 0 Å². The van der Waals surface area contributed by atoms with Crippen molar-refractivity contribution in [2.45, 2.75) is 12.5 Å². The van der Waals surface area contributed by atoms with Gasteiger partial charge in [-0.15, -0.1) is 0 Å². The number of rotatable bonds is 9. The molecule has 0 saturated heterocycles. The minimum atomic E-state index is -2.53. The quantitative estimate of drug-likeness (QED) is 0.262. The molecule has 2 heterocycles. The average molecular weight is 473 g/mol. The maximum Gasteiger partial charge on any atom is 0.258 e. The summed E-state index contributed by atoms with van der Waals surface area (Å²) >= 11 is -2.53. The number of aliphatic hydroxyl groups is 2. The normalized spacial score (nSPS) is 12.8. The molecule has 0 amide bonds. The summed E-state index contributed by atoms with van der Waals surface area (Å²) in [6, 6.07) is 11.6. The van der Waals surface area contributed by atoms with Gasteiger partial charge in [-0.1, -0.05) is 5.16 Å². The Morgan fingerprint density at radius 1 is 1.18 bits per heavy atom. The first-order valence-corrected chi connectivity index (χ1v) is 11.0. The molecule has 2 aromatic carbocycles. The maximum atomic E-state index is 11.1. The number of hydrogen-bond donors (Lipinski definition) is 4. The first-order valence-electron chi connectivity index (χ1n) is 9.88. The fraction of sp³-hybridized carbons (Fsp3) is 0.238. The zero-order chi connectivity index (χ0) is 23.6. The minimum Gasteiger partial charge on any atom is -0.755 e. The molecule has 1 atom stereocenters. The Kier molecular flexibility index (Phi) is 6.44. The van der Waals surface area contributed by atoms with Crippen LogP contribution in [0.2, 0.25) is 0 Å². The van der Waals surface area contributed by atoms with Gasteiger partial charge in [-0.3, -0.25) is 4.21 Å². The lowest BCUT2D eigenvalue weighted by Crippen LogP contribution is -2.43. The Morgan fingerprint density at radius 3 is 2.64 bits per heavy atom. The van der Waals surface area contributed by atoms with Crippen LogP contribution in [0.3, 0.4) is 0 Å². The van der Waals surface area contributed by atoms with Crippen LogP contribution in [-0.4, -0.2) is 48.9 Å². The number of ether oxygens (including phenoxy) is 1. The molecule has 0 aliphatic carbocycles. The van der Waals surface area contributed by atoms with Crippen molar-refractivity contribution in [3.63, 3.8) is 0 Å². The third-order valence-corrected chi connectivity index (χ3v) is 5.36. The Balaban J connectivity index is 1.66. The van der Waals surface area contributed by atoms with E-state index >= 15 is 0 Å². The van der Waals surface area contributed by atoms with E-state index in [4.69, 9.17) is 19.4 Å². The van der Waals surface area contributed by atoms with Gasteiger partial charge in [0.05, 0.1) is 25.5 Å². The highest BCUT2D eigenvalue weighted by Gasteiger charge is 2.30. The second kappa shape index (κ2) is 9.29. The highest BCUT2D eigenvalue weighted by atomic mass is 32.2. The lowest BCUT2D eigenvalue weighted by molar-refractivity contribution is 0.105. The van der Waals surface area contributed by atoms with Crippen LogP contribution in [0.5, 0.6) is 5.75 Å². The van der Waals surface area contributed by atoms with Crippen LogP contribution in [0.1, 0.15) is 12.7 Å². The predicted octanol–water partition coefficient (Wildman–Crippen LogP) is 1.89. The molecule has 5 N–H and O–H groups in total. The molecule has 11 nitrogen and oxygen atoms in total. The molecule has 0 saturated carbocycles. The van der Waals surface area contributed by atoms with Gasteiger partial charge in [-0.25, -0.2) is 0 Å². The van der Waals surface area contributed by atoms with Crippen LogP contribution in [0.15, 0.2) is 51.4 Å². The Hall–Kier alpha value is -3.29. The number of benzene rings is 2. The molecule has 33 heavy (non-hydrogen) atoms. The monoisotopic (exact) mass is 473 g/mol. The van der Waals surface area contributed by atoms with Gasteiger partial charge in [0.1, 0.15) is 22.6 Å². The zero-order valence-electron chi connectivity index (χ0n) is 17.5. The summed E-state index contributed by atoms with van der Waals surface area (Å²) in [5.74, 6) is 1.10. The summed E-state index contributed by atoms with van der Waals surface area (Å²) in [5, 5.41) is 23.7. The third-order valence-electron chi connectivity index (χ3n) is 4.98. The SMILES string of the molecule is CCOc1ccc(-c2nc(-c3ccc4oc(C(N)(CO)CO)cc4c3)no2)cc1NS(=O)[O-]. The lowest BCUT2D eigenvalue weighted by Gasteiger charge is -2.21. The van der Waals surface area contributed by atoms with Crippen LogP contribution < -0.4 is 15.2 Å². The number of anilines is 1. The zero-order valence-corrected chi connectivity index (χ0v) is 18.3. The van der Waals surface area contributed by atoms with Crippen LogP contribution in [0, 0.1) is 0 Å². The molecule has 2 aromatic heterocycles. The van der Waals surface area contributed by atoms with Gasteiger partial charge in [0.25, 0.3) is 5.89 Å². The van der Waals surface area contributed by atoms with Crippen molar-refractivity contribution in [1.29, 1.82) is 0 Å². The van der Waals surface area contributed by atoms with E-state index in [1.54, 1.807) is 43.3 Å². The van der Waals surface area contributed by atoms with Crippen LogP contribution in [0.25, 0.3) is 33.8 Å². The van der Waals surface area contributed by atoms with E-state index in [1.807, 2.05) is 0 Å². The summed E-state index contributed by atoms with van der Waals surface area (Å²) in [6.45, 7) is 1.19. The molecule has 12 heteroatoms. The highest BCUT2D eigenvalue weighted by Crippen LogP contribution is 2.33. The summed E-state index contributed by atoms with van der Waals surface area (Å²) in [5.41, 5.74) is 6.47. The van der Waals surface area contributed by atoms with Crippen molar-refractivity contribution in [2.24, 2.45) is 5.73 Å². The maximum absolute atomic E-state index is 11.1. The van der Waals surface area contributed by atoms with Gasteiger partial charge in [-0.2, -0.15) is 4.98 Å². The van der Waals surface area contributed by atoms with Gasteiger partial charge in [0.15, 0.2) is 0 Å². The second-order valence-electron chi connectivity index (χ2n) is 7.24. The first-order chi connectivity index (χ1) is 15.9. The van der Waals surface area contributed by atoms with E-state index in [9.17, 15) is 19.0 Å². The van der Waals surface area contributed by atoms with Crippen molar-refractivity contribution in [2.75, 3.05) is 24.5 Å². The topological polar surface area (TPSA) is 180 Å². The Morgan fingerprint density at radius 2 is 1.94 bits per heavy atom. The number of hydrogen-bond acceptors (Lipinski definition) is 10. The van der Waals surface area contributed by atoms with E-state index < -0.39 is 30.0 Å². The number of nitrogens with zero attached hydrogens (tertiary/aromatic N) is 2. The summed E-state index contributed by atoms with van der Waals surface area (Å²) in [4.78, 5) is 4.41. The van der Waals surface area contributed by atoms with Gasteiger partial charge in [0.2, 0.25) is 5.82 Å². The Labute approximate surface area is 190 Å². The molecule has 0 aliphatic rings. The van der Waals surface area contributed by atoms with Gasteiger partial charge in [0, 0.05) is 27.8 Å².